The number of hydrogen-bond donors (Lipinski definition) is 0. The zero-order valence-corrected chi connectivity index (χ0v) is 26.9. The number of halogens is 1. The summed E-state index contributed by atoms with van der Waals surface area (Å²) >= 11 is 3.97. The molecule has 0 fully saturated rings. The first-order chi connectivity index (χ1) is 18.8. The predicted molar refractivity (Wildman–Crippen MR) is 174 cm³/mol. The summed E-state index contributed by atoms with van der Waals surface area (Å²) in [5, 5.41) is 0. The van der Waals surface area contributed by atoms with Gasteiger partial charge in [-0.05, 0) is 85.8 Å². The number of ether oxygens (including phenoxy) is 1. The van der Waals surface area contributed by atoms with E-state index in [9.17, 15) is 0 Å². The van der Waals surface area contributed by atoms with Crippen LogP contribution in [0.1, 0.15) is 92.2 Å². The van der Waals surface area contributed by atoms with Crippen LogP contribution in [0.3, 0.4) is 0 Å². The highest BCUT2D eigenvalue weighted by atomic mass is 79.9. The molecule has 3 rings (SSSR count). The molecule has 39 heavy (non-hydrogen) atoms. The van der Waals surface area contributed by atoms with Gasteiger partial charge in [-0.3, -0.25) is 0 Å². The van der Waals surface area contributed by atoms with Gasteiger partial charge in [-0.15, -0.1) is 0 Å². The van der Waals surface area contributed by atoms with Gasteiger partial charge in [-0.1, -0.05) is 134 Å². The van der Waals surface area contributed by atoms with E-state index in [0.29, 0.717) is 18.4 Å². The largest absolute Gasteiger partial charge is 0.369 e. The van der Waals surface area contributed by atoms with Gasteiger partial charge in [-0.2, -0.15) is 0 Å². The van der Waals surface area contributed by atoms with E-state index in [-0.39, 0.29) is 6.10 Å². The summed E-state index contributed by atoms with van der Waals surface area (Å²) in [4.78, 5) is 0. The molecule has 2 aromatic rings. The monoisotopic (exact) mass is 588 g/mol. The van der Waals surface area contributed by atoms with Gasteiger partial charge in [0.2, 0.25) is 0 Å². The van der Waals surface area contributed by atoms with Crippen LogP contribution in [-0.4, -0.2) is 6.61 Å². The van der Waals surface area contributed by atoms with Crippen LogP contribution in [0.2, 0.25) is 0 Å². The second-order valence-electron chi connectivity index (χ2n) is 11.3. The third-order valence-electron chi connectivity index (χ3n) is 8.67. The smallest absolute Gasteiger partial charge is 0.0807 e. The Morgan fingerprint density at radius 2 is 1.64 bits per heavy atom. The summed E-state index contributed by atoms with van der Waals surface area (Å²) in [7, 11) is 0. The fourth-order valence-electron chi connectivity index (χ4n) is 5.87. The van der Waals surface area contributed by atoms with Crippen molar-refractivity contribution in [3.05, 3.63) is 105 Å². The molecule has 0 heterocycles. The Labute approximate surface area is 247 Å². The molecular formula is C37H49BrO. The lowest BCUT2D eigenvalue weighted by Crippen LogP contribution is -2.10. The van der Waals surface area contributed by atoms with Gasteiger partial charge < -0.3 is 4.74 Å². The van der Waals surface area contributed by atoms with E-state index >= 15 is 0 Å². The van der Waals surface area contributed by atoms with Gasteiger partial charge in [0.25, 0.3) is 0 Å². The van der Waals surface area contributed by atoms with Crippen molar-refractivity contribution >= 4 is 15.9 Å². The van der Waals surface area contributed by atoms with Crippen LogP contribution < -0.4 is 0 Å². The highest BCUT2D eigenvalue weighted by Crippen LogP contribution is 2.35. The lowest BCUT2D eigenvalue weighted by molar-refractivity contribution is 0.0852. The summed E-state index contributed by atoms with van der Waals surface area (Å²) in [5.41, 5.74) is 9.37. The normalized spacial score (nSPS) is 17.6. The van der Waals surface area contributed by atoms with Crippen molar-refractivity contribution in [3.63, 3.8) is 0 Å². The lowest BCUT2D eigenvalue weighted by Gasteiger charge is -2.23. The van der Waals surface area contributed by atoms with Crippen molar-refractivity contribution in [2.45, 2.75) is 86.7 Å². The van der Waals surface area contributed by atoms with Gasteiger partial charge in [0.05, 0.1) is 12.7 Å². The van der Waals surface area contributed by atoms with Crippen molar-refractivity contribution in [3.8, 4) is 11.1 Å². The van der Waals surface area contributed by atoms with Crippen LogP contribution in [0.15, 0.2) is 99.6 Å². The van der Waals surface area contributed by atoms with Crippen LogP contribution in [0.4, 0.5) is 0 Å². The molecule has 0 aromatic heterocycles. The van der Waals surface area contributed by atoms with E-state index in [1.54, 1.807) is 0 Å². The Morgan fingerprint density at radius 3 is 2.33 bits per heavy atom. The van der Waals surface area contributed by atoms with Crippen molar-refractivity contribution < 1.29 is 4.74 Å². The van der Waals surface area contributed by atoms with E-state index in [1.165, 1.54) is 58.2 Å². The fourth-order valence-corrected chi connectivity index (χ4v) is 6.39. The molecule has 1 aliphatic carbocycles. The summed E-state index contributed by atoms with van der Waals surface area (Å²) in [6, 6.07) is 19.2. The molecule has 0 saturated heterocycles. The van der Waals surface area contributed by atoms with Crippen molar-refractivity contribution in [2.75, 3.05) is 6.61 Å². The van der Waals surface area contributed by atoms with Crippen LogP contribution in [0, 0.1) is 17.8 Å². The Hall–Kier alpha value is -2.16. The molecule has 2 heteroatoms. The standard InChI is InChI=1S/C37H49BrO/c1-8-31(9-2)28(5)23-27(4)29(6)36-24-37(38)33(20-14-13-17-26(36)3)25-39-30(7)34-21-15-16-22-35(34)32-18-11-10-12-19-32/h10-12,15-16,18-24,28-31H,8-9,13-14,17,25H2,1-7H3. The van der Waals surface area contributed by atoms with Crippen LogP contribution in [0.25, 0.3) is 11.1 Å². The number of benzene rings is 2. The molecule has 1 aliphatic rings. The molecule has 0 spiro atoms. The SMILES string of the molecule is CCC(CC)C(C)C=C(C)C(C)C1=C(C)CCCC=C(COC(C)c2ccccc2-c2ccccc2)C(Br)=C1. The van der Waals surface area contributed by atoms with Gasteiger partial charge in [-0.25, -0.2) is 0 Å². The summed E-state index contributed by atoms with van der Waals surface area (Å²) in [6.45, 7) is 16.8. The second kappa shape index (κ2) is 15.6. The summed E-state index contributed by atoms with van der Waals surface area (Å²) in [6.07, 6.45) is 13.1. The highest BCUT2D eigenvalue weighted by Gasteiger charge is 2.19. The lowest BCUT2D eigenvalue weighted by atomic mass is 9.83. The minimum absolute atomic E-state index is 0.0114. The molecule has 0 bridgehead atoms. The Kier molecular flexibility index (Phi) is 12.5. The van der Waals surface area contributed by atoms with Crippen molar-refractivity contribution in [1.29, 1.82) is 0 Å². The van der Waals surface area contributed by atoms with Crippen LogP contribution >= 0.6 is 15.9 Å². The second-order valence-corrected chi connectivity index (χ2v) is 12.2. The Balaban J connectivity index is 1.80. The summed E-state index contributed by atoms with van der Waals surface area (Å²) in [5.74, 6) is 1.76. The maximum atomic E-state index is 6.54. The zero-order valence-electron chi connectivity index (χ0n) is 25.3. The van der Waals surface area contributed by atoms with Crippen LogP contribution in [-0.2, 0) is 4.74 Å². The fraction of sp³-hybridized carbons (Fsp3) is 0.459. The predicted octanol–water partition coefficient (Wildman–Crippen LogP) is 11.8. The van der Waals surface area contributed by atoms with Crippen molar-refractivity contribution in [2.24, 2.45) is 17.8 Å². The molecule has 3 unspecified atom stereocenters. The topological polar surface area (TPSA) is 9.23 Å². The van der Waals surface area contributed by atoms with E-state index in [0.717, 1.165) is 23.2 Å². The Bertz CT molecular complexity index is 1180. The number of allylic oxidation sites excluding steroid dienone is 6. The maximum Gasteiger partial charge on any atom is 0.0807 e. The average molecular weight is 590 g/mol. The molecule has 0 radical (unpaired) electrons. The third kappa shape index (κ3) is 8.66. The quantitative estimate of drug-likeness (QED) is 0.237. The molecule has 0 N–H and O–H groups in total. The highest BCUT2D eigenvalue weighted by molar-refractivity contribution is 9.12. The van der Waals surface area contributed by atoms with E-state index in [1.807, 2.05) is 0 Å². The van der Waals surface area contributed by atoms with E-state index < -0.39 is 0 Å². The summed E-state index contributed by atoms with van der Waals surface area (Å²) < 4.78 is 7.69. The molecule has 210 valence electrons. The minimum atomic E-state index is -0.0114. The average Bonchev–Trinajstić information content (AvgIpc) is 3.01. The molecular weight excluding hydrogens is 540 g/mol. The van der Waals surface area contributed by atoms with E-state index in [2.05, 4.69) is 137 Å². The number of rotatable bonds is 11. The van der Waals surface area contributed by atoms with Gasteiger partial charge in [0.1, 0.15) is 0 Å². The molecule has 0 saturated carbocycles. The zero-order chi connectivity index (χ0) is 28.4. The molecule has 1 nitrogen and oxygen atoms in total. The minimum Gasteiger partial charge on any atom is -0.369 e. The van der Waals surface area contributed by atoms with Crippen LogP contribution in [0.5, 0.6) is 0 Å². The molecule has 0 amide bonds. The third-order valence-corrected chi connectivity index (χ3v) is 9.41. The first kappa shape index (κ1) is 31.4. The first-order valence-corrected chi connectivity index (χ1v) is 15.8. The molecule has 2 aromatic carbocycles. The Morgan fingerprint density at radius 1 is 0.974 bits per heavy atom. The first-order valence-electron chi connectivity index (χ1n) is 15.0. The van der Waals surface area contributed by atoms with Gasteiger partial charge in [0.15, 0.2) is 0 Å². The maximum absolute atomic E-state index is 6.54. The molecule has 0 aliphatic heterocycles. The molecule has 3 atom stereocenters. The van der Waals surface area contributed by atoms with Crippen molar-refractivity contribution in [1.82, 2.24) is 0 Å². The number of hydrogen-bond acceptors (Lipinski definition) is 1. The van der Waals surface area contributed by atoms with Gasteiger partial charge in [0, 0.05) is 10.4 Å². The van der Waals surface area contributed by atoms with E-state index in [4.69, 9.17) is 4.74 Å². The van der Waals surface area contributed by atoms with Gasteiger partial charge >= 0.3 is 0 Å².